The van der Waals surface area contributed by atoms with Crippen LogP contribution in [0.5, 0.6) is 5.75 Å². The largest absolute Gasteiger partial charge is 0.506 e. The number of para-hydroxylation sites is 2. The number of nitrogens with zero attached hydrogens (tertiary/aromatic N) is 4. The van der Waals surface area contributed by atoms with Crippen LogP contribution in [0.1, 0.15) is 31.3 Å². The van der Waals surface area contributed by atoms with Crippen LogP contribution in [0.4, 0.5) is 5.69 Å². The minimum absolute atomic E-state index is 0.364. The standard InChI is InChI=1S/C21H26N4O/c1-16(2)21-22-17(18-7-5-6-10-25(18)21)15-23-11-13-24(14-12-23)19-8-3-4-9-20(19)26/h3-10,16,26H,11-15H2,1-2H3. The van der Waals surface area contributed by atoms with Gasteiger partial charge in [-0.15, -0.1) is 0 Å². The van der Waals surface area contributed by atoms with Crippen molar-refractivity contribution in [1.29, 1.82) is 0 Å². The molecule has 0 spiro atoms. The Labute approximate surface area is 154 Å². The number of aromatic nitrogens is 2. The third-order valence-electron chi connectivity index (χ3n) is 5.14. The first-order valence-corrected chi connectivity index (χ1v) is 9.34. The molecule has 2 aromatic heterocycles. The van der Waals surface area contributed by atoms with Crippen LogP contribution in [-0.2, 0) is 6.54 Å². The van der Waals surface area contributed by atoms with Gasteiger partial charge in [0, 0.05) is 44.8 Å². The lowest BCUT2D eigenvalue weighted by atomic mass is 10.2. The average molecular weight is 350 g/mol. The van der Waals surface area contributed by atoms with Gasteiger partial charge in [0.2, 0.25) is 0 Å². The second kappa shape index (κ2) is 7.00. The molecular weight excluding hydrogens is 324 g/mol. The molecule has 4 rings (SSSR count). The number of rotatable bonds is 4. The lowest BCUT2D eigenvalue weighted by Crippen LogP contribution is -2.46. The van der Waals surface area contributed by atoms with Gasteiger partial charge in [0.1, 0.15) is 11.6 Å². The van der Waals surface area contributed by atoms with E-state index in [1.165, 1.54) is 5.52 Å². The lowest BCUT2D eigenvalue weighted by molar-refractivity contribution is 0.247. The Morgan fingerprint density at radius 3 is 2.46 bits per heavy atom. The smallest absolute Gasteiger partial charge is 0.138 e. The van der Waals surface area contributed by atoms with Crippen LogP contribution < -0.4 is 4.90 Å². The Balaban J connectivity index is 1.48. The molecule has 3 aromatic rings. The van der Waals surface area contributed by atoms with Crippen LogP contribution in [0.2, 0.25) is 0 Å². The van der Waals surface area contributed by atoms with Crippen molar-refractivity contribution in [3.8, 4) is 5.75 Å². The maximum Gasteiger partial charge on any atom is 0.138 e. The van der Waals surface area contributed by atoms with E-state index in [1.807, 2.05) is 18.2 Å². The van der Waals surface area contributed by atoms with Gasteiger partial charge in [-0.05, 0) is 24.3 Å². The van der Waals surface area contributed by atoms with E-state index in [-0.39, 0.29) is 0 Å². The fraction of sp³-hybridized carbons (Fsp3) is 0.381. The van der Waals surface area contributed by atoms with E-state index in [0.717, 1.165) is 49.9 Å². The first-order valence-electron chi connectivity index (χ1n) is 9.34. The normalized spacial score (nSPS) is 15.9. The highest BCUT2D eigenvalue weighted by atomic mass is 16.3. The van der Waals surface area contributed by atoms with Crippen molar-refractivity contribution >= 4 is 11.2 Å². The summed E-state index contributed by atoms with van der Waals surface area (Å²) >= 11 is 0. The number of pyridine rings is 1. The molecule has 1 aliphatic heterocycles. The van der Waals surface area contributed by atoms with E-state index in [2.05, 4.69) is 52.4 Å². The predicted molar refractivity (Wildman–Crippen MR) is 105 cm³/mol. The summed E-state index contributed by atoms with van der Waals surface area (Å²) in [6.45, 7) is 9.03. The molecule has 136 valence electrons. The van der Waals surface area contributed by atoms with Crippen molar-refractivity contribution < 1.29 is 5.11 Å². The highest BCUT2D eigenvalue weighted by Crippen LogP contribution is 2.28. The van der Waals surface area contributed by atoms with Gasteiger partial charge in [-0.1, -0.05) is 32.0 Å². The van der Waals surface area contributed by atoms with Crippen LogP contribution in [0.25, 0.3) is 5.52 Å². The predicted octanol–water partition coefficient (Wildman–Crippen LogP) is 3.49. The Kier molecular flexibility index (Phi) is 4.55. The average Bonchev–Trinajstić information content (AvgIpc) is 3.02. The summed E-state index contributed by atoms with van der Waals surface area (Å²) in [5.74, 6) is 1.89. The molecule has 1 N–H and O–H groups in total. The van der Waals surface area contributed by atoms with Crippen LogP contribution in [-0.4, -0.2) is 45.6 Å². The molecule has 1 aliphatic rings. The summed E-state index contributed by atoms with van der Waals surface area (Å²) in [7, 11) is 0. The van der Waals surface area contributed by atoms with Gasteiger partial charge in [-0.2, -0.15) is 0 Å². The zero-order chi connectivity index (χ0) is 18.1. The van der Waals surface area contributed by atoms with Gasteiger partial charge in [0.05, 0.1) is 16.9 Å². The summed E-state index contributed by atoms with van der Waals surface area (Å²) < 4.78 is 2.22. The van der Waals surface area contributed by atoms with Gasteiger partial charge in [0.15, 0.2) is 0 Å². The fourth-order valence-corrected chi connectivity index (χ4v) is 3.74. The van der Waals surface area contributed by atoms with Crippen molar-refractivity contribution in [3.05, 3.63) is 60.2 Å². The number of fused-ring (bicyclic) bond motifs is 1. The van der Waals surface area contributed by atoms with Gasteiger partial charge in [-0.3, -0.25) is 4.90 Å². The van der Waals surface area contributed by atoms with Gasteiger partial charge < -0.3 is 14.4 Å². The maximum absolute atomic E-state index is 10.1. The molecule has 1 saturated heterocycles. The first kappa shape index (κ1) is 16.9. The fourth-order valence-electron chi connectivity index (χ4n) is 3.74. The second-order valence-electron chi connectivity index (χ2n) is 7.28. The summed E-state index contributed by atoms with van der Waals surface area (Å²) in [4.78, 5) is 9.66. The van der Waals surface area contributed by atoms with Crippen LogP contribution in [0, 0.1) is 0 Å². The Hall–Kier alpha value is -2.53. The number of phenolic OH excluding ortho intramolecular Hbond substituents is 1. The summed E-state index contributed by atoms with van der Waals surface area (Å²) in [5.41, 5.74) is 3.30. The van der Waals surface area contributed by atoms with Crippen LogP contribution in [0.3, 0.4) is 0 Å². The molecule has 0 saturated carbocycles. The number of benzene rings is 1. The number of hydrogen-bond donors (Lipinski definition) is 1. The molecule has 0 bridgehead atoms. The maximum atomic E-state index is 10.1. The topological polar surface area (TPSA) is 44.0 Å². The van der Waals surface area contributed by atoms with Gasteiger partial charge >= 0.3 is 0 Å². The van der Waals surface area contributed by atoms with E-state index >= 15 is 0 Å². The van der Waals surface area contributed by atoms with Crippen molar-refractivity contribution in [2.75, 3.05) is 31.1 Å². The first-order chi connectivity index (χ1) is 12.6. The summed E-state index contributed by atoms with van der Waals surface area (Å²) in [5, 5.41) is 10.1. The molecule has 5 nitrogen and oxygen atoms in total. The molecule has 0 atom stereocenters. The van der Waals surface area contributed by atoms with Crippen LogP contribution >= 0.6 is 0 Å². The van der Waals surface area contributed by atoms with E-state index in [1.54, 1.807) is 6.07 Å². The number of aromatic hydroxyl groups is 1. The lowest BCUT2D eigenvalue weighted by Gasteiger charge is -2.36. The summed E-state index contributed by atoms with van der Waals surface area (Å²) in [6.07, 6.45) is 2.11. The quantitative estimate of drug-likeness (QED) is 0.782. The minimum atomic E-state index is 0.364. The number of imidazole rings is 1. The van der Waals surface area contributed by atoms with E-state index in [9.17, 15) is 5.11 Å². The molecule has 0 radical (unpaired) electrons. The Morgan fingerprint density at radius 1 is 1.00 bits per heavy atom. The zero-order valence-corrected chi connectivity index (χ0v) is 15.5. The zero-order valence-electron chi connectivity index (χ0n) is 15.5. The molecule has 3 heterocycles. The molecule has 1 fully saturated rings. The molecule has 1 aromatic carbocycles. The number of piperazine rings is 1. The highest BCUT2D eigenvalue weighted by Gasteiger charge is 2.21. The summed E-state index contributed by atoms with van der Waals surface area (Å²) in [6, 6.07) is 13.9. The molecule has 0 aliphatic carbocycles. The SMILES string of the molecule is CC(C)c1nc(CN2CCN(c3ccccc3O)CC2)c2ccccn12. The molecule has 26 heavy (non-hydrogen) atoms. The van der Waals surface area contributed by atoms with Crippen LogP contribution in [0.15, 0.2) is 48.7 Å². The Bertz CT molecular complexity index is 894. The Morgan fingerprint density at radius 2 is 1.73 bits per heavy atom. The number of phenols is 1. The molecule has 0 amide bonds. The van der Waals surface area contributed by atoms with Crippen molar-refractivity contribution in [2.45, 2.75) is 26.3 Å². The van der Waals surface area contributed by atoms with Gasteiger partial charge in [0.25, 0.3) is 0 Å². The van der Waals surface area contributed by atoms with E-state index in [4.69, 9.17) is 4.98 Å². The van der Waals surface area contributed by atoms with Crippen molar-refractivity contribution in [2.24, 2.45) is 0 Å². The third-order valence-corrected chi connectivity index (χ3v) is 5.14. The molecule has 0 unspecified atom stereocenters. The second-order valence-corrected chi connectivity index (χ2v) is 7.28. The van der Waals surface area contributed by atoms with Crippen molar-refractivity contribution in [3.63, 3.8) is 0 Å². The van der Waals surface area contributed by atoms with E-state index in [0.29, 0.717) is 11.7 Å². The molecular formula is C21H26N4O. The van der Waals surface area contributed by atoms with E-state index < -0.39 is 0 Å². The monoisotopic (exact) mass is 350 g/mol. The van der Waals surface area contributed by atoms with Crippen molar-refractivity contribution in [1.82, 2.24) is 14.3 Å². The molecule has 5 heteroatoms. The third kappa shape index (κ3) is 3.15. The number of anilines is 1. The van der Waals surface area contributed by atoms with Gasteiger partial charge in [-0.25, -0.2) is 4.98 Å². The number of hydrogen-bond acceptors (Lipinski definition) is 4. The minimum Gasteiger partial charge on any atom is -0.506 e. The highest BCUT2D eigenvalue weighted by molar-refractivity contribution is 5.58.